The first-order valence-electron chi connectivity index (χ1n) is 6.32. The molecule has 1 unspecified atom stereocenters. The Morgan fingerprint density at radius 3 is 2.55 bits per heavy atom. The molecule has 1 aromatic carbocycles. The molecule has 0 aliphatic carbocycles. The fourth-order valence-corrected chi connectivity index (χ4v) is 2.49. The van der Waals surface area contributed by atoms with Crippen LogP contribution in [0.15, 0.2) is 24.3 Å². The molecule has 110 valence electrons. The lowest BCUT2D eigenvalue weighted by molar-refractivity contribution is -0.148. The van der Waals surface area contributed by atoms with E-state index in [0.29, 0.717) is 11.3 Å². The number of para-hydroxylation sites is 1. The first kappa shape index (κ1) is 16.5. The van der Waals surface area contributed by atoms with Crippen molar-refractivity contribution in [2.75, 3.05) is 11.5 Å². The van der Waals surface area contributed by atoms with E-state index in [1.807, 2.05) is 6.92 Å². The van der Waals surface area contributed by atoms with Crippen molar-refractivity contribution < 1.29 is 19.8 Å². The van der Waals surface area contributed by atoms with E-state index in [9.17, 15) is 19.8 Å². The predicted octanol–water partition coefficient (Wildman–Crippen LogP) is 1.43. The number of carbonyl (C=O) groups is 2. The molecule has 20 heavy (non-hydrogen) atoms. The largest absolute Gasteiger partial charge is 0.508 e. The summed E-state index contributed by atoms with van der Waals surface area (Å²) in [5.74, 6) is -0.607. The number of Topliss-reactive ketones (excluding diaryl/α,β-unsaturated/α-hetero) is 1. The number of ketones is 1. The van der Waals surface area contributed by atoms with Crippen LogP contribution in [0, 0.1) is 0 Å². The fraction of sp³-hybridized carbons (Fsp3) is 0.429. The van der Waals surface area contributed by atoms with Crippen LogP contribution >= 0.6 is 11.8 Å². The average molecular weight is 297 g/mol. The van der Waals surface area contributed by atoms with E-state index in [1.165, 1.54) is 17.8 Å². The maximum Gasteiger partial charge on any atom is 0.331 e. The number of hydrogen-bond donors (Lipinski definition) is 3. The Balaban J connectivity index is 2.84. The van der Waals surface area contributed by atoms with Gasteiger partial charge in [-0.15, -0.1) is 0 Å². The van der Waals surface area contributed by atoms with Crippen LogP contribution in [0.3, 0.4) is 0 Å². The van der Waals surface area contributed by atoms with Crippen LogP contribution in [0.4, 0.5) is 0 Å². The van der Waals surface area contributed by atoms with E-state index >= 15 is 0 Å². The van der Waals surface area contributed by atoms with Crippen LogP contribution in [-0.2, 0) is 16.0 Å². The van der Waals surface area contributed by atoms with Crippen molar-refractivity contribution >= 4 is 23.5 Å². The smallest absolute Gasteiger partial charge is 0.331 e. The summed E-state index contributed by atoms with van der Waals surface area (Å²) in [6.45, 7) is 1.95. The molecule has 0 spiro atoms. The molecule has 0 bridgehead atoms. The third kappa shape index (κ3) is 3.98. The Bertz CT molecular complexity index is 492. The summed E-state index contributed by atoms with van der Waals surface area (Å²) in [7, 11) is 0. The number of benzene rings is 1. The summed E-state index contributed by atoms with van der Waals surface area (Å²) < 4.78 is 0. The number of carbonyl (C=O) groups excluding carboxylic acids is 1. The van der Waals surface area contributed by atoms with Gasteiger partial charge in [0.1, 0.15) is 5.75 Å². The van der Waals surface area contributed by atoms with E-state index in [0.717, 1.165) is 5.75 Å². The summed E-state index contributed by atoms with van der Waals surface area (Å²) in [5.41, 5.74) is 4.27. The van der Waals surface area contributed by atoms with Crippen molar-refractivity contribution in [3.8, 4) is 5.75 Å². The summed E-state index contributed by atoms with van der Waals surface area (Å²) in [4.78, 5) is 23.5. The molecule has 4 N–H and O–H groups in total. The first-order chi connectivity index (χ1) is 9.41. The second-order valence-corrected chi connectivity index (χ2v) is 5.85. The molecular weight excluding hydrogens is 278 g/mol. The van der Waals surface area contributed by atoms with Gasteiger partial charge in [0, 0.05) is 12.0 Å². The normalized spacial score (nSPS) is 13.7. The zero-order valence-electron chi connectivity index (χ0n) is 11.3. The van der Waals surface area contributed by atoms with Gasteiger partial charge in [-0.05, 0) is 24.0 Å². The minimum Gasteiger partial charge on any atom is -0.508 e. The fourth-order valence-electron chi connectivity index (χ4n) is 1.73. The van der Waals surface area contributed by atoms with E-state index in [4.69, 9.17) is 5.73 Å². The van der Waals surface area contributed by atoms with Crippen LogP contribution < -0.4 is 5.73 Å². The average Bonchev–Trinajstić information content (AvgIpc) is 2.41. The molecule has 0 saturated carbocycles. The van der Waals surface area contributed by atoms with Gasteiger partial charge in [0.05, 0.1) is 0 Å². The lowest BCUT2D eigenvalue weighted by Crippen LogP contribution is -2.56. The van der Waals surface area contributed by atoms with E-state index in [1.54, 1.807) is 18.2 Å². The summed E-state index contributed by atoms with van der Waals surface area (Å²) in [6, 6.07) is 6.34. The van der Waals surface area contributed by atoms with Crippen LogP contribution in [-0.4, -0.2) is 39.0 Å². The molecule has 6 heteroatoms. The number of carboxylic acids is 1. The molecular formula is C14H19NO4S. The van der Waals surface area contributed by atoms with Gasteiger partial charge in [-0.2, -0.15) is 11.8 Å². The highest BCUT2D eigenvalue weighted by Gasteiger charge is 2.41. The standard InChI is InChI=1S/C14H19NO4S/c1-2-20-8-7-14(15,13(18)19)12(17)9-10-5-3-4-6-11(10)16/h3-6,16H,2,7-9,15H2,1H3,(H,18,19). The van der Waals surface area contributed by atoms with Crippen molar-refractivity contribution in [1.82, 2.24) is 0 Å². The molecule has 0 heterocycles. The molecule has 1 rings (SSSR count). The maximum absolute atomic E-state index is 12.2. The van der Waals surface area contributed by atoms with Crippen molar-refractivity contribution in [2.45, 2.75) is 25.3 Å². The van der Waals surface area contributed by atoms with Crippen LogP contribution in [0.2, 0.25) is 0 Å². The molecule has 0 fully saturated rings. The molecule has 0 amide bonds. The van der Waals surface area contributed by atoms with Gasteiger partial charge in [-0.3, -0.25) is 4.79 Å². The Kier molecular flexibility index (Phi) is 6.04. The lowest BCUT2D eigenvalue weighted by Gasteiger charge is -2.23. The zero-order chi connectivity index (χ0) is 15.2. The number of thioether (sulfide) groups is 1. The molecule has 0 aromatic heterocycles. The van der Waals surface area contributed by atoms with Crippen molar-refractivity contribution in [2.24, 2.45) is 5.73 Å². The van der Waals surface area contributed by atoms with Crippen molar-refractivity contribution in [3.05, 3.63) is 29.8 Å². The minimum atomic E-state index is -1.90. The number of phenols is 1. The third-order valence-electron chi connectivity index (χ3n) is 3.07. The summed E-state index contributed by atoms with van der Waals surface area (Å²) in [5, 5.41) is 18.9. The molecule has 1 aromatic rings. The number of aromatic hydroxyl groups is 1. The number of rotatable bonds is 8. The Morgan fingerprint density at radius 1 is 1.35 bits per heavy atom. The van der Waals surface area contributed by atoms with Gasteiger partial charge >= 0.3 is 5.97 Å². The highest BCUT2D eigenvalue weighted by Crippen LogP contribution is 2.21. The number of aliphatic carboxylic acids is 1. The minimum absolute atomic E-state index is 0.0310. The number of phenolic OH excluding ortho intramolecular Hbond substituents is 1. The van der Waals surface area contributed by atoms with Gasteiger partial charge in [0.25, 0.3) is 0 Å². The van der Waals surface area contributed by atoms with Crippen LogP contribution in [0.25, 0.3) is 0 Å². The molecule has 1 atom stereocenters. The quantitative estimate of drug-likeness (QED) is 0.496. The second kappa shape index (κ2) is 7.31. The van der Waals surface area contributed by atoms with Gasteiger partial charge in [0.15, 0.2) is 11.3 Å². The summed E-state index contributed by atoms with van der Waals surface area (Å²) in [6.07, 6.45) is -0.112. The van der Waals surface area contributed by atoms with Crippen molar-refractivity contribution in [3.63, 3.8) is 0 Å². The molecule has 0 radical (unpaired) electrons. The van der Waals surface area contributed by atoms with Crippen molar-refractivity contribution in [1.29, 1.82) is 0 Å². The SMILES string of the molecule is CCSCCC(N)(C(=O)O)C(=O)Cc1ccccc1O. The molecule has 5 nitrogen and oxygen atoms in total. The topological polar surface area (TPSA) is 101 Å². The molecule has 0 aliphatic rings. The van der Waals surface area contributed by atoms with E-state index in [2.05, 4.69) is 0 Å². The number of nitrogens with two attached hydrogens (primary N) is 1. The first-order valence-corrected chi connectivity index (χ1v) is 7.47. The highest BCUT2D eigenvalue weighted by atomic mass is 32.2. The highest BCUT2D eigenvalue weighted by molar-refractivity contribution is 7.99. The molecule has 0 aliphatic heterocycles. The van der Waals surface area contributed by atoms with Gasteiger partial charge in [-0.25, -0.2) is 4.79 Å². The Morgan fingerprint density at radius 2 is 2.00 bits per heavy atom. The molecule has 0 saturated heterocycles. The van der Waals surface area contributed by atoms with Gasteiger partial charge < -0.3 is 15.9 Å². The Hall–Kier alpha value is -1.53. The van der Waals surface area contributed by atoms with Gasteiger partial charge in [0.2, 0.25) is 0 Å². The number of hydrogen-bond acceptors (Lipinski definition) is 5. The van der Waals surface area contributed by atoms with Crippen LogP contribution in [0.5, 0.6) is 5.75 Å². The Labute approximate surface area is 122 Å². The zero-order valence-corrected chi connectivity index (χ0v) is 12.2. The van der Waals surface area contributed by atoms with Gasteiger partial charge in [-0.1, -0.05) is 25.1 Å². The lowest BCUT2D eigenvalue weighted by atomic mass is 9.88. The van der Waals surface area contributed by atoms with Crippen LogP contribution in [0.1, 0.15) is 18.9 Å². The predicted molar refractivity (Wildman–Crippen MR) is 79.0 cm³/mol. The summed E-state index contributed by atoms with van der Waals surface area (Å²) >= 11 is 1.53. The van der Waals surface area contributed by atoms with E-state index < -0.39 is 17.3 Å². The number of carboxylic acid groups (broad SMARTS) is 1. The third-order valence-corrected chi connectivity index (χ3v) is 3.97. The van der Waals surface area contributed by atoms with E-state index in [-0.39, 0.29) is 18.6 Å². The maximum atomic E-state index is 12.2. The second-order valence-electron chi connectivity index (χ2n) is 4.45. The monoisotopic (exact) mass is 297 g/mol.